The van der Waals surface area contributed by atoms with Gasteiger partial charge in [0.25, 0.3) is 0 Å². The first-order chi connectivity index (χ1) is 10.9. The molecule has 2 fully saturated rings. The van der Waals surface area contributed by atoms with Crippen molar-refractivity contribution in [3.05, 3.63) is 18.7 Å². The summed E-state index contributed by atoms with van der Waals surface area (Å²) in [6.07, 6.45) is 8.23. The molecule has 3 rings (SSSR count). The van der Waals surface area contributed by atoms with Crippen molar-refractivity contribution in [1.29, 1.82) is 0 Å². The van der Waals surface area contributed by atoms with Gasteiger partial charge in [-0.15, -0.1) is 0 Å². The van der Waals surface area contributed by atoms with E-state index in [-0.39, 0.29) is 12.2 Å². The highest BCUT2D eigenvalue weighted by atomic mass is 16.5. The van der Waals surface area contributed by atoms with Gasteiger partial charge in [0.15, 0.2) is 5.96 Å². The highest BCUT2D eigenvalue weighted by molar-refractivity contribution is 5.80. The zero-order chi connectivity index (χ0) is 15.2. The summed E-state index contributed by atoms with van der Waals surface area (Å²) in [7, 11) is 1.83. The fraction of sp³-hybridized carbons (Fsp3) is 0.733. The first kappa shape index (κ1) is 15.3. The third kappa shape index (κ3) is 3.78. The maximum Gasteiger partial charge on any atom is 0.193 e. The maximum absolute atomic E-state index is 5.89. The van der Waals surface area contributed by atoms with Crippen LogP contribution < -0.4 is 5.32 Å². The van der Waals surface area contributed by atoms with E-state index in [0.717, 1.165) is 58.2 Å². The minimum Gasteiger partial charge on any atom is -0.375 e. The van der Waals surface area contributed by atoms with Crippen molar-refractivity contribution in [3.63, 3.8) is 0 Å². The average molecular weight is 307 g/mol. The monoisotopic (exact) mass is 307 g/mol. The molecule has 7 heteroatoms. The molecule has 0 spiro atoms. The van der Waals surface area contributed by atoms with E-state index < -0.39 is 0 Å². The van der Waals surface area contributed by atoms with Crippen molar-refractivity contribution in [2.45, 2.75) is 31.6 Å². The number of nitrogens with one attached hydrogen (secondary N) is 1. The van der Waals surface area contributed by atoms with Gasteiger partial charge in [-0.2, -0.15) is 0 Å². The second-order valence-corrected chi connectivity index (χ2v) is 5.68. The molecule has 0 radical (unpaired) electrons. The Morgan fingerprint density at radius 2 is 2.27 bits per heavy atom. The standard InChI is InChI=1S/C15H25N5O2/c1-16-15(18-5-7-19-6-4-17-12-19)20-8-10-22-14(11-20)13-3-2-9-21-13/h4,6,12-14H,2-3,5,7-11H2,1H3,(H,16,18). The van der Waals surface area contributed by atoms with Gasteiger partial charge in [-0.1, -0.05) is 0 Å². The number of morpholine rings is 1. The lowest BCUT2D eigenvalue weighted by molar-refractivity contribution is -0.0816. The van der Waals surface area contributed by atoms with Gasteiger partial charge in [0.05, 0.1) is 19.0 Å². The lowest BCUT2D eigenvalue weighted by Crippen LogP contribution is -2.53. The molecule has 3 heterocycles. The van der Waals surface area contributed by atoms with Crippen LogP contribution in [0, 0.1) is 0 Å². The van der Waals surface area contributed by atoms with E-state index in [1.54, 1.807) is 6.20 Å². The first-order valence-corrected chi connectivity index (χ1v) is 8.01. The Hall–Kier alpha value is -1.60. The molecule has 1 N–H and O–H groups in total. The fourth-order valence-electron chi connectivity index (χ4n) is 3.04. The number of hydrogen-bond acceptors (Lipinski definition) is 4. The molecule has 0 aliphatic carbocycles. The summed E-state index contributed by atoms with van der Waals surface area (Å²) in [5.74, 6) is 0.936. The number of nitrogens with zero attached hydrogens (tertiary/aromatic N) is 4. The third-order valence-electron chi connectivity index (χ3n) is 4.20. The minimum absolute atomic E-state index is 0.156. The summed E-state index contributed by atoms with van der Waals surface area (Å²) in [6, 6.07) is 0. The van der Waals surface area contributed by atoms with Gasteiger partial charge < -0.3 is 24.3 Å². The van der Waals surface area contributed by atoms with E-state index >= 15 is 0 Å². The van der Waals surface area contributed by atoms with Gasteiger partial charge in [-0.3, -0.25) is 4.99 Å². The molecular formula is C15H25N5O2. The normalized spacial score (nSPS) is 26.4. The first-order valence-electron chi connectivity index (χ1n) is 8.01. The van der Waals surface area contributed by atoms with Crippen molar-refractivity contribution in [2.75, 3.05) is 39.9 Å². The van der Waals surface area contributed by atoms with Crippen molar-refractivity contribution in [1.82, 2.24) is 19.8 Å². The Morgan fingerprint density at radius 1 is 1.36 bits per heavy atom. The summed E-state index contributed by atoms with van der Waals surface area (Å²) < 4.78 is 13.7. The van der Waals surface area contributed by atoms with Crippen LogP contribution in [0.1, 0.15) is 12.8 Å². The van der Waals surface area contributed by atoms with Crippen molar-refractivity contribution >= 4 is 5.96 Å². The molecule has 2 aliphatic rings. The Kier molecular flexibility index (Phi) is 5.29. The molecule has 2 atom stereocenters. The third-order valence-corrected chi connectivity index (χ3v) is 4.20. The second-order valence-electron chi connectivity index (χ2n) is 5.68. The van der Waals surface area contributed by atoms with E-state index in [4.69, 9.17) is 9.47 Å². The van der Waals surface area contributed by atoms with Crippen LogP contribution in [0.15, 0.2) is 23.7 Å². The van der Waals surface area contributed by atoms with E-state index in [1.807, 2.05) is 19.6 Å². The molecule has 2 aliphatic heterocycles. The van der Waals surface area contributed by atoms with E-state index in [0.29, 0.717) is 0 Å². The highest BCUT2D eigenvalue weighted by Gasteiger charge is 2.32. The van der Waals surface area contributed by atoms with Crippen LogP contribution >= 0.6 is 0 Å². The van der Waals surface area contributed by atoms with E-state index in [2.05, 4.69) is 24.8 Å². The number of aliphatic imine (C=N–C) groups is 1. The molecule has 0 saturated carbocycles. The number of hydrogen-bond donors (Lipinski definition) is 1. The molecule has 1 aromatic rings. The topological polar surface area (TPSA) is 63.9 Å². The molecule has 0 amide bonds. The smallest absolute Gasteiger partial charge is 0.193 e. The van der Waals surface area contributed by atoms with Crippen molar-refractivity contribution < 1.29 is 9.47 Å². The number of rotatable bonds is 4. The van der Waals surface area contributed by atoms with Gasteiger partial charge in [0.2, 0.25) is 0 Å². The molecule has 122 valence electrons. The summed E-state index contributed by atoms with van der Waals surface area (Å²) in [5, 5.41) is 3.42. The molecule has 7 nitrogen and oxygen atoms in total. The van der Waals surface area contributed by atoms with Gasteiger partial charge in [-0.05, 0) is 12.8 Å². The summed E-state index contributed by atoms with van der Waals surface area (Å²) >= 11 is 0. The molecule has 2 unspecified atom stereocenters. The van der Waals surface area contributed by atoms with Crippen LogP contribution in [0.3, 0.4) is 0 Å². The SMILES string of the molecule is CN=C(NCCn1ccnc1)N1CCOC(C2CCCO2)C1. The van der Waals surface area contributed by atoms with Gasteiger partial charge >= 0.3 is 0 Å². The van der Waals surface area contributed by atoms with E-state index in [1.165, 1.54) is 0 Å². The number of ether oxygens (including phenoxy) is 2. The Labute approximate surface area is 131 Å². The number of guanidine groups is 1. The summed E-state index contributed by atoms with van der Waals surface area (Å²) in [4.78, 5) is 10.7. The zero-order valence-corrected chi connectivity index (χ0v) is 13.1. The van der Waals surface area contributed by atoms with Crippen LogP contribution in [0.5, 0.6) is 0 Å². The predicted molar refractivity (Wildman–Crippen MR) is 83.9 cm³/mol. The highest BCUT2D eigenvalue weighted by Crippen LogP contribution is 2.20. The molecule has 1 aromatic heterocycles. The van der Waals surface area contributed by atoms with Crippen LogP contribution in [0.25, 0.3) is 0 Å². The molecule has 22 heavy (non-hydrogen) atoms. The van der Waals surface area contributed by atoms with Crippen LogP contribution in [-0.4, -0.2) is 72.5 Å². The van der Waals surface area contributed by atoms with Crippen LogP contribution in [-0.2, 0) is 16.0 Å². The Morgan fingerprint density at radius 3 is 3.00 bits per heavy atom. The van der Waals surface area contributed by atoms with Gasteiger partial charge in [-0.25, -0.2) is 4.98 Å². The van der Waals surface area contributed by atoms with Crippen LogP contribution in [0.2, 0.25) is 0 Å². The molecular weight excluding hydrogens is 282 g/mol. The second kappa shape index (κ2) is 7.60. The number of aromatic nitrogens is 2. The lowest BCUT2D eigenvalue weighted by atomic mass is 10.1. The van der Waals surface area contributed by atoms with Crippen LogP contribution in [0.4, 0.5) is 0 Å². The molecule has 0 bridgehead atoms. The van der Waals surface area contributed by atoms with Crippen molar-refractivity contribution in [3.8, 4) is 0 Å². The number of imidazole rings is 1. The predicted octanol–water partition coefficient (Wildman–Crippen LogP) is 0.338. The van der Waals surface area contributed by atoms with Gasteiger partial charge in [0, 0.05) is 52.2 Å². The molecule has 2 saturated heterocycles. The summed E-state index contributed by atoms with van der Waals surface area (Å²) in [6.45, 7) is 5.00. The minimum atomic E-state index is 0.156. The van der Waals surface area contributed by atoms with Crippen molar-refractivity contribution in [2.24, 2.45) is 4.99 Å². The lowest BCUT2D eigenvalue weighted by Gasteiger charge is -2.37. The molecule has 0 aromatic carbocycles. The fourth-order valence-corrected chi connectivity index (χ4v) is 3.04. The largest absolute Gasteiger partial charge is 0.375 e. The zero-order valence-electron chi connectivity index (χ0n) is 13.1. The maximum atomic E-state index is 5.89. The van der Waals surface area contributed by atoms with E-state index in [9.17, 15) is 0 Å². The van der Waals surface area contributed by atoms with Gasteiger partial charge in [0.1, 0.15) is 6.10 Å². The summed E-state index contributed by atoms with van der Waals surface area (Å²) in [5.41, 5.74) is 0. The Bertz CT molecular complexity index is 470. The average Bonchev–Trinajstić information content (AvgIpc) is 3.25. The quantitative estimate of drug-likeness (QED) is 0.642. The Balaban J connectivity index is 1.49.